The Morgan fingerprint density at radius 1 is 0.548 bits per heavy atom. The van der Waals surface area contributed by atoms with Gasteiger partial charge in [0.15, 0.2) is 17.3 Å². The van der Waals surface area contributed by atoms with Crippen LogP contribution < -0.4 is 28.0 Å². The van der Waals surface area contributed by atoms with E-state index in [-0.39, 0.29) is 0 Å². The molecule has 0 radical (unpaired) electrons. The third-order valence-electron chi connectivity index (χ3n) is 4.18. The Kier molecular flexibility index (Phi) is 9.27. The van der Waals surface area contributed by atoms with Crippen LogP contribution in [0.2, 0.25) is 0 Å². The third-order valence-corrected chi connectivity index (χ3v) is 6.36. The zero-order valence-electron chi connectivity index (χ0n) is 19.5. The molecule has 0 bridgehead atoms. The van der Waals surface area contributed by atoms with E-state index in [9.17, 15) is 57.0 Å². The Morgan fingerprint density at radius 3 is 1.52 bits per heavy atom. The Hall–Kier alpha value is -2.60. The zero-order valence-corrected chi connectivity index (χ0v) is 24.0. The largest absolute Gasteiger partial charge is 0.525 e. The van der Waals surface area contributed by atoms with Crippen molar-refractivity contribution in [1.82, 2.24) is 0 Å². The van der Waals surface area contributed by atoms with Crippen molar-refractivity contribution in [3.8, 4) is 40.1 Å². The Bertz CT molecular complexity index is 1830. The van der Waals surface area contributed by atoms with E-state index in [0.717, 1.165) is 6.07 Å². The number of rotatable bonds is 11. The molecule has 10 N–H and O–H groups in total. The van der Waals surface area contributed by atoms with E-state index in [2.05, 4.69) is 22.6 Å². The average Bonchev–Trinajstić information content (AvgIpc) is 2.71. The molecule has 0 saturated heterocycles. The minimum atomic E-state index is -5.68. The van der Waals surface area contributed by atoms with Gasteiger partial charge in [-0.2, -0.15) is 0 Å². The van der Waals surface area contributed by atoms with Gasteiger partial charge in [-0.15, -0.1) is 0 Å². The minimum Gasteiger partial charge on any atom is -0.452 e. The fourth-order valence-corrected chi connectivity index (χ4v) is 5.07. The van der Waals surface area contributed by atoms with Gasteiger partial charge in [0.25, 0.3) is 0 Å². The average molecular weight is 702 g/mol. The van der Waals surface area contributed by atoms with Gasteiger partial charge in [-0.3, -0.25) is 53.7 Å². The summed E-state index contributed by atoms with van der Waals surface area (Å²) in [6.07, 6.45) is 0. The maximum absolute atomic E-state index is 13.3. The normalized spacial score (nSPS) is 13.1. The molecule has 0 amide bonds. The third kappa shape index (κ3) is 9.72. The van der Waals surface area contributed by atoms with E-state index in [0.29, 0.717) is 24.3 Å². The molecular weight excluding hydrogens is 687 g/mol. The molecule has 3 aromatic rings. The van der Waals surface area contributed by atoms with Crippen LogP contribution in [0.1, 0.15) is 0 Å². The first-order valence-corrected chi connectivity index (χ1v) is 17.5. The fourth-order valence-electron chi connectivity index (χ4n) is 3.08. The highest BCUT2D eigenvalue weighted by Crippen LogP contribution is 2.51. The molecule has 42 heavy (non-hydrogen) atoms. The van der Waals surface area contributed by atoms with Crippen molar-refractivity contribution in [1.29, 1.82) is 0 Å². The minimum absolute atomic E-state index is 0.401. The van der Waals surface area contributed by atoms with Crippen molar-refractivity contribution >= 4 is 50.1 Å². The summed E-state index contributed by atoms with van der Waals surface area (Å²) in [5.74, 6) is -6.71. The molecule has 0 aliphatic heterocycles. The van der Waals surface area contributed by atoms with E-state index >= 15 is 0 Å². The molecule has 22 nitrogen and oxygen atoms in total. The van der Waals surface area contributed by atoms with E-state index in [1.165, 1.54) is 0 Å². The van der Waals surface area contributed by atoms with E-state index in [4.69, 9.17) is 24.0 Å². The number of hydrogen-bond donors (Lipinski definition) is 10. The van der Waals surface area contributed by atoms with Crippen LogP contribution in [-0.4, -0.2) is 48.9 Å². The molecular formula is C15H15O22P5. The van der Waals surface area contributed by atoms with Crippen molar-refractivity contribution in [2.24, 2.45) is 0 Å². The topological polar surface area (TPSA) is 364 Å². The smallest absolute Gasteiger partial charge is 0.452 e. The first-order valence-electron chi connectivity index (χ1n) is 9.85. The molecule has 0 spiro atoms. The van der Waals surface area contributed by atoms with Gasteiger partial charge in [0, 0.05) is 17.7 Å². The lowest BCUT2D eigenvalue weighted by molar-refractivity contribution is 0.263. The van der Waals surface area contributed by atoms with E-state index < -0.39 is 95.6 Å². The lowest BCUT2D eigenvalue weighted by atomic mass is 10.1. The molecule has 0 aliphatic carbocycles. The summed E-state index contributed by atoms with van der Waals surface area (Å²) in [5.41, 5.74) is -3.18. The number of phosphoric acid groups is 5. The lowest BCUT2D eigenvalue weighted by Gasteiger charge is -2.17. The summed E-state index contributed by atoms with van der Waals surface area (Å²) in [5, 5.41) is -1.03. The molecule has 3 rings (SSSR count). The number of benzene rings is 2. The van der Waals surface area contributed by atoms with Crippen LogP contribution in [0.5, 0.6) is 28.7 Å². The molecule has 0 fully saturated rings. The summed E-state index contributed by atoms with van der Waals surface area (Å²) in [6, 6.07) is 2.80. The van der Waals surface area contributed by atoms with Crippen molar-refractivity contribution in [3.63, 3.8) is 0 Å². The second-order valence-electron chi connectivity index (χ2n) is 7.45. The van der Waals surface area contributed by atoms with Crippen LogP contribution in [0.15, 0.2) is 39.5 Å². The van der Waals surface area contributed by atoms with Gasteiger partial charge in [0.1, 0.15) is 22.5 Å². The maximum Gasteiger partial charge on any atom is 0.525 e. The molecule has 27 heteroatoms. The summed E-state index contributed by atoms with van der Waals surface area (Å²) < 4.78 is 84.1. The monoisotopic (exact) mass is 702 g/mol. The Balaban J connectivity index is 2.45. The zero-order chi connectivity index (χ0) is 32.1. The lowest BCUT2D eigenvalue weighted by Crippen LogP contribution is -2.10. The van der Waals surface area contributed by atoms with Crippen molar-refractivity contribution in [3.05, 3.63) is 40.6 Å². The van der Waals surface area contributed by atoms with E-state index in [1.54, 1.807) is 0 Å². The highest BCUT2D eigenvalue weighted by molar-refractivity contribution is 7.47. The highest BCUT2D eigenvalue weighted by Gasteiger charge is 2.31. The molecule has 0 saturated carbocycles. The second-order valence-corrected chi connectivity index (χ2v) is 13.3. The van der Waals surface area contributed by atoms with Crippen molar-refractivity contribution < 1.29 is 98.8 Å². The van der Waals surface area contributed by atoms with Gasteiger partial charge >= 0.3 is 39.1 Å². The Labute approximate surface area is 229 Å². The van der Waals surface area contributed by atoms with E-state index in [1.807, 2.05) is 0 Å². The highest BCUT2D eigenvalue weighted by atomic mass is 31.2. The van der Waals surface area contributed by atoms with Crippen LogP contribution in [0, 0.1) is 0 Å². The van der Waals surface area contributed by atoms with Gasteiger partial charge < -0.3 is 27.0 Å². The Morgan fingerprint density at radius 2 is 1.02 bits per heavy atom. The summed E-state index contributed by atoms with van der Waals surface area (Å²) in [7, 11) is -27.5. The molecule has 0 atom stereocenters. The molecule has 1 aromatic heterocycles. The van der Waals surface area contributed by atoms with Crippen molar-refractivity contribution in [2.45, 2.75) is 0 Å². The first-order chi connectivity index (χ1) is 18.8. The van der Waals surface area contributed by atoms with Crippen LogP contribution in [0.25, 0.3) is 22.3 Å². The van der Waals surface area contributed by atoms with Gasteiger partial charge in [-0.05, 0) is 18.2 Å². The SMILES string of the molecule is O=c1c(OP(=O)(O)O)c(-c2ccc(OP(=O)(O)O)c(OP(=O)(O)O)c2)oc2cc(OP(=O)(O)O)cc(OP(=O)(O)O)c12. The van der Waals surface area contributed by atoms with Gasteiger partial charge in [-0.25, -0.2) is 22.8 Å². The van der Waals surface area contributed by atoms with Crippen molar-refractivity contribution in [2.75, 3.05) is 0 Å². The van der Waals surface area contributed by atoms with Crippen LogP contribution in [0.4, 0.5) is 0 Å². The summed E-state index contributed by atoms with van der Waals surface area (Å²) in [4.78, 5) is 105. The summed E-state index contributed by atoms with van der Waals surface area (Å²) in [6.45, 7) is 0. The van der Waals surface area contributed by atoms with Gasteiger partial charge in [-0.1, -0.05) is 0 Å². The van der Waals surface area contributed by atoms with Crippen LogP contribution >= 0.6 is 39.1 Å². The number of hydrogen-bond acceptors (Lipinski definition) is 12. The molecule has 2 aromatic carbocycles. The molecule has 0 aliphatic rings. The molecule has 0 unspecified atom stereocenters. The predicted octanol–water partition coefficient (Wildman–Crippen LogP) is 0.818. The standard InChI is InChI=1S/C15H15O22P5/c16-13-12-10(4-7(33-38(17,18)19)5-11(12)36-41(26,27)28)32-14(15(13)37-42(29,30)31)6-1-2-8(34-39(20,21)22)9(3-6)35-40(23,24)25/h1-5H,(H2,17,18,19)(H2,20,21,22)(H2,23,24,25)(H2,26,27,28)(H2,29,30,31). The molecule has 232 valence electrons. The first kappa shape index (κ1) is 33.9. The quantitative estimate of drug-likeness (QED) is 0.124. The number of phosphoric ester groups is 5. The van der Waals surface area contributed by atoms with Gasteiger partial charge in [0.2, 0.25) is 11.2 Å². The van der Waals surface area contributed by atoms with Gasteiger partial charge in [0.05, 0.1) is 0 Å². The summed E-state index contributed by atoms with van der Waals surface area (Å²) >= 11 is 0. The van der Waals surface area contributed by atoms with Crippen LogP contribution in [-0.2, 0) is 22.8 Å². The predicted molar refractivity (Wildman–Crippen MR) is 131 cm³/mol. The fraction of sp³-hybridized carbons (Fsp3) is 0. The maximum atomic E-state index is 13.3. The number of fused-ring (bicyclic) bond motifs is 1. The molecule has 1 heterocycles. The van der Waals surface area contributed by atoms with Crippen LogP contribution in [0.3, 0.4) is 0 Å². The second kappa shape index (κ2) is 11.5.